The summed E-state index contributed by atoms with van der Waals surface area (Å²) in [5.41, 5.74) is 0. The lowest BCUT2D eigenvalue weighted by molar-refractivity contribution is 0.0792. The molecule has 1 aromatic heterocycles. The zero-order valence-electron chi connectivity index (χ0n) is 8.08. The molecule has 1 aliphatic rings. The Morgan fingerprint density at radius 3 is 3.07 bits per heavy atom. The molecular formula is C10H11BrClNOS. The summed E-state index contributed by atoms with van der Waals surface area (Å²) >= 11 is 10.7. The van der Waals surface area contributed by atoms with E-state index in [2.05, 4.69) is 15.9 Å². The number of carbonyl (C=O) groups is 1. The van der Waals surface area contributed by atoms with Gasteiger partial charge in [0.2, 0.25) is 0 Å². The van der Waals surface area contributed by atoms with Crippen molar-refractivity contribution in [3.8, 4) is 0 Å². The Hall–Kier alpha value is -0.0600. The number of likely N-dealkylation sites (tertiary alicyclic amines) is 1. The summed E-state index contributed by atoms with van der Waals surface area (Å²) < 4.78 is 0.895. The first-order valence-electron chi connectivity index (χ1n) is 4.80. The molecule has 1 atom stereocenters. The first-order valence-corrected chi connectivity index (χ1v) is 7.01. The lowest BCUT2D eigenvalue weighted by atomic mass is 10.2. The quantitative estimate of drug-likeness (QED) is 0.768. The summed E-state index contributed by atoms with van der Waals surface area (Å²) in [5, 5.41) is 1.92. The van der Waals surface area contributed by atoms with Crippen molar-refractivity contribution >= 4 is 44.8 Å². The van der Waals surface area contributed by atoms with Gasteiger partial charge < -0.3 is 4.90 Å². The van der Waals surface area contributed by atoms with Gasteiger partial charge in [-0.25, -0.2) is 0 Å². The van der Waals surface area contributed by atoms with E-state index in [9.17, 15) is 4.79 Å². The molecular weight excluding hydrogens is 298 g/mol. The lowest BCUT2D eigenvalue weighted by Crippen LogP contribution is -2.28. The summed E-state index contributed by atoms with van der Waals surface area (Å²) in [4.78, 5) is 14.7. The van der Waals surface area contributed by atoms with Crippen molar-refractivity contribution in [2.24, 2.45) is 5.92 Å². The van der Waals surface area contributed by atoms with Gasteiger partial charge in [0.15, 0.2) is 0 Å². The van der Waals surface area contributed by atoms with Crippen LogP contribution in [0.25, 0.3) is 0 Å². The number of carbonyl (C=O) groups excluding carboxylic acids is 1. The highest BCUT2D eigenvalue weighted by atomic mass is 79.9. The monoisotopic (exact) mass is 307 g/mol. The predicted molar refractivity (Wildman–Crippen MR) is 66.7 cm³/mol. The number of thiophene rings is 1. The van der Waals surface area contributed by atoms with Gasteiger partial charge in [0.25, 0.3) is 5.91 Å². The van der Waals surface area contributed by atoms with Gasteiger partial charge in [-0.3, -0.25) is 4.79 Å². The normalized spacial score (nSPS) is 20.9. The molecule has 1 saturated heterocycles. The second-order valence-electron chi connectivity index (χ2n) is 3.66. The van der Waals surface area contributed by atoms with Gasteiger partial charge >= 0.3 is 0 Å². The van der Waals surface area contributed by atoms with Crippen LogP contribution in [0.3, 0.4) is 0 Å². The van der Waals surface area contributed by atoms with Crippen LogP contribution in [-0.2, 0) is 0 Å². The summed E-state index contributed by atoms with van der Waals surface area (Å²) in [6, 6.07) is 1.91. The van der Waals surface area contributed by atoms with Gasteiger partial charge in [0, 0.05) is 23.4 Å². The van der Waals surface area contributed by atoms with E-state index in [1.807, 2.05) is 16.3 Å². The summed E-state index contributed by atoms with van der Waals surface area (Å²) in [7, 11) is 0. The minimum Gasteiger partial charge on any atom is -0.338 e. The average molecular weight is 309 g/mol. The van der Waals surface area contributed by atoms with E-state index >= 15 is 0 Å². The van der Waals surface area contributed by atoms with Crippen LogP contribution >= 0.6 is 38.9 Å². The maximum absolute atomic E-state index is 12.1. The zero-order chi connectivity index (χ0) is 10.8. The summed E-state index contributed by atoms with van der Waals surface area (Å²) in [6.45, 7) is 1.63. The average Bonchev–Trinajstić information content (AvgIpc) is 2.84. The van der Waals surface area contributed by atoms with Gasteiger partial charge in [-0.2, -0.15) is 0 Å². The Bertz CT molecular complexity index is 368. The minimum atomic E-state index is 0.129. The molecule has 0 aliphatic carbocycles. The standard InChI is InChI=1S/C10H11BrClNOS/c11-8-2-4-15-9(8)10(14)13-3-1-7(5-12)6-13/h2,4,7H,1,3,5-6H2. The number of hydrogen-bond acceptors (Lipinski definition) is 2. The van der Waals surface area contributed by atoms with Crippen molar-refractivity contribution in [1.29, 1.82) is 0 Å². The smallest absolute Gasteiger partial charge is 0.265 e. The van der Waals surface area contributed by atoms with Gasteiger partial charge in [-0.05, 0) is 39.7 Å². The largest absolute Gasteiger partial charge is 0.338 e. The maximum atomic E-state index is 12.1. The number of halogens is 2. The van der Waals surface area contributed by atoms with E-state index in [0.29, 0.717) is 11.8 Å². The predicted octanol–water partition coefficient (Wildman–Crippen LogP) is 3.21. The van der Waals surface area contributed by atoms with Crippen LogP contribution in [-0.4, -0.2) is 29.8 Å². The van der Waals surface area contributed by atoms with E-state index in [4.69, 9.17) is 11.6 Å². The van der Waals surface area contributed by atoms with E-state index in [-0.39, 0.29) is 5.91 Å². The third kappa shape index (κ3) is 2.37. The van der Waals surface area contributed by atoms with Crippen molar-refractivity contribution in [3.05, 3.63) is 20.8 Å². The fourth-order valence-electron chi connectivity index (χ4n) is 1.73. The van der Waals surface area contributed by atoms with Crippen LogP contribution < -0.4 is 0 Å². The molecule has 0 N–H and O–H groups in total. The minimum absolute atomic E-state index is 0.129. The number of alkyl halides is 1. The second kappa shape index (κ2) is 4.85. The van der Waals surface area contributed by atoms with Crippen molar-refractivity contribution < 1.29 is 4.79 Å². The fourth-order valence-corrected chi connectivity index (χ4v) is 3.49. The Labute approximate surface area is 106 Å². The topological polar surface area (TPSA) is 20.3 Å². The maximum Gasteiger partial charge on any atom is 0.265 e. The van der Waals surface area contributed by atoms with Crippen molar-refractivity contribution in [2.45, 2.75) is 6.42 Å². The highest BCUT2D eigenvalue weighted by Crippen LogP contribution is 2.27. The molecule has 5 heteroatoms. The van der Waals surface area contributed by atoms with Crippen molar-refractivity contribution in [1.82, 2.24) is 4.90 Å². The van der Waals surface area contributed by atoms with E-state index in [0.717, 1.165) is 28.9 Å². The van der Waals surface area contributed by atoms with Crippen LogP contribution in [0.5, 0.6) is 0 Å². The van der Waals surface area contributed by atoms with Crippen molar-refractivity contribution in [3.63, 3.8) is 0 Å². The highest BCUT2D eigenvalue weighted by Gasteiger charge is 2.27. The van der Waals surface area contributed by atoms with Gasteiger partial charge in [-0.15, -0.1) is 22.9 Å². The molecule has 2 rings (SSSR count). The third-order valence-corrected chi connectivity index (χ3v) is 4.86. The molecule has 1 fully saturated rings. The number of rotatable bonds is 2. The third-order valence-electron chi connectivity index (χ3n) is 2.60. The van der Waals surface area contributed by atoms with Crippen LogP contribution in [0.4, 0.5) is 0 Å². The van der Waals surface area contributed by atoms with Crippen LogP contribution in [0.15, 0.2) is 15.9 Å². The molecule has 0 spiro atoms. The molecule has 0 radical (unpaired) electrons. The molecule has 1 unspecified atom stereocenters. The second-order valence-corrected chi connectivity index (χ2v) is 5.74. The Morgan fingerprint density at radius 2 is 2.53 bits per heavy atom. The molecule has 82 valence electrons. The van der Waals surface area contributed by atoms with E-state index < -0.39 is 0 Å². The molecule has 1 aliphatic heterocycles. The van der Waals surface area contributed by atoms with Crippen LogP contribution in [0, 0.1) is 5.92 Å². The molecule has 0 bridgehead atoms. The molecule has 2 nitrogen and oxygen atoms in total. The molecule has 0 saturated carbocycles. The van der Waals surface area contributed by atoms with Gasteiger partial charge in [0.1, 0.15) is 4.88 Å². The highest BCUT2D eigenvalue weighted by molar-refractivity contribution is 9.10. The number of nitrogens with zero attached hydrogens (tertiary/aromatic N) is 1. The fraction of sp³-hybridized carbons (Fsp3) is 0.500. The Morgan fingerprint density at radius 1 is 1.73 bits per heavy atom. The van der Waals surface area contributed by atoms with Crippen LogP contribution in [0.1, 0.15) is 16.1 Å². The summed E-state index contributed by atoms with van der Waals surface area (Å²) in [5.74, 6) is 1.24. The molecule has 1 aromatic rings. The van der Waals surface area contributed by atoms with Gasteiger partial charge in [0.05, 0.1) is 0 Å². The zero-order valence-corrected chi connectivity index (χ0v) is 11.2. The van der Waals surface area contributed by atoms with Crippen molar-refractivity contribution in [2.75, 3.05) is 19.0 Å². The molecule has 2 heterocycles. The van der Waals surface area contributed by atoms with Crippen LogP contribution in [0.2, 0.25) is 0 Å². The Kier molecular flexibility index (Phi) is 3.69. The SMILES string of the molecule is O=C(c1sccc1Br)N1CCC(CCl)C1. The Balaban J connectivity index is 2.07. The molecule has 0 aromatic carbocycles. The van der Waals surface area contributed by atoms with E-state index in [1.165, 1.54) is 11.3 Å². The lowest BCUT2D eigenvalue weighted by Gasteiger charge is -2.15. The van der Waals surface area contributed by atoms with Gasteiger partial charge in [-0.1, -0.05) is 0 Å². The number of amides is 1. The first-order chi connectivity index (χ1) is 7.22. The first kappa shape index (κ1) is 11.4. The summed E-state index contributed by atoms with van der Waals surface area (Å²) in [6.07, 6.45) is 1.03. The van der Waals surface area contributed by atoms with E-state index in [1.54, 1.807) is 0 Å². The number of hydrogen-bond donors (Lipinski definition) is 0. The molecule has 1 amide bonds. The molecule has 15 heavy (non-hydrogen) atoms.